The number of rotatable bonds is 5. The van der Waals surface area contributed by atoms with Crippen LogP contribution in [0.2, 0.25) is 5.02 Å². The van der Waals surface area contributed by atoms with Crippen molar-refractivity contribution in [3.63, 3.8) is 0 Å². The van der Waals surface area contributed by atoms with Crippen molar-refractivity contribution >= 4 is 17.5 Å². The third kappa shape index (κ3) is 4.49. The minimum Gasteiger partial charge on any atom is -0.437 e. The van der Waals surface area contributed by atoms with Crippen LogP contribution >= 0.6 is 11.6 Å². The molecule has 1 saturated heterocycles. The van der Waals surface area contributed by atoms with E-state index in [1.54, 1.807) is 53.6 Å². The van der Waals surface area contributed by atoms with Crippen molar-refractivity contribution in [2.45, 2.75) is 32.7 Å². The van der Waals surface area contributed by atoms with Crippen molar-refractivity contribution in [1.29, 1.82) is 0 Å². The Balaban J connectivity index is 1.34. The van der Waals surface area contributed by atoms with E-state index >= 15 is 0 Å². The van der Waals surface area contributed by atoms with Gasteiger partial charge >= 0.3 is 0 Å². The van der Waals surface area contributed by atoms with Gasteiger partial charge in [-0.05, 0) is 69.2 Å². The quantitative estimate of drug-likeness (QED) is 0.400. The number of carbonyl (C=O) groups is 1. The molecule has 1 aromatic carbocycles. The van der Waals surface area contributed by atoms with Crippen molar-refractivity contribution in [2.75, 3.05) is 6.54 Å². The molecule has 1 amide bonds. The standard InChI is InChI=1S/C25H23ClN6O2/c1-16-12-17(2)32(30-16)23-10-5-18(13-28-23)25(33)31-11-3-4-22(31)21-14-27-15-24(29-21)34-20-8-6-19(26)7-9-20/h5-10,12-15,22H,3-4,11H2,1-2H3/t22-/m0/s1. The molecule has 172 valence electrons. The molecular formula is C25H23ClN6O2. The van der Waals surface area contributed by atoms with Crippen LogP contribution < -0.4 is 4.74 Å². The fourth-order valence-electron chi connectivity index (χ4n) is 4.18. The normalized spacial score (nSPS) is 15.5. The summed E-state index contributed by atoms with van der Waals surface area (Å²) >= 11 is 5.94. The summed E-state index contributed by atoms with van der Waals surface area (Å²) in [5.41, 5.74) is 3.13. The van der Waals surface area contributed by atoms with Crippen molar-refractivity contribution in [1.82, 2.24) is 29.6 Å². The summed E-state index contributed by atoms with van der Waals surface area (Å²) in [6.07, 6.45) is 6.55. The van der Waals surface area contributed by atoms with Gasteiger partial charge in [0.05, 0.1) is 35.4 Å². The summed E-state index contributed by atoms with van der Waals surface area (Å²) in [5.74, 6) is 1.58. The molecule has 4 aromatic rings. The fraction of sp³-hybridized carbons (Fsp3) is 0.240. The molecule has 8 nitrogen and oxygen atoms in total. The highest BCUT2D eigenvalue weighted by Crippen LogP contribution is 2.33. The molecule has 3 aromatic heterocycles. The van der Waals surface area contributed by atoms with Gasteiger partial charge in [0.2, 0.25) is 5.88 Å². The Morgan fingerprint density at radius 1 is 1.09 bits per heavy atom. The van der Waals surface area contributed by atoms with Gasteiger partial charge in [0.15, 0.2) is 5.82 Å². The van der Waals surface area contributed by atoms with Gasteiger partial charge in [-0.2, -0.15) is 5.10 Å². The van der Waals surface area contributed by atoms with E-state index in [1.807, 2.05) is 30.9 Å². The smallest absolute Gasteiger partial charge is 0.255 e. The number of carbonyl (C=O) groups excluding carboxylic acids is 1. The zero-order valence-electron chi connectivity index (χ0n) is 18.8. The van der Waals surface area contributed by atoms with Crippen LogP contribution in [0.1, 0.15) is 46.3 Å². The maximum absolute atomic E-state index is 13.3. The van der Waals surface area contributed by atoms with Crippen LogP contribution in [0.5, 0.6) is 11.6 Å². The van der Waals surface area contributed by atoms with Gasteiger partial charge in [0.25, 0.3) is 5.91 Å². The molecular weight excluding hydrogens is 452 g/mol. The first-order valence-corrected chi connectivity index (χ1v) is 11.4. The second-order valence-corrected chi connectivity index (χ2v) is 8.68. The number of likely N-dealkylation sites (tertiary alicyclic amines) is 1. The van der Waals surface area contributed by atoms with E-state index < -0.39 is 0 Å². The minimum absolute atomic E-state index is 0.0826. The van der Waals surface area contributed by atoms with E-state index in [0.717, 1.165) is 24.2 Å². The average Bonchev–Trinajstić information content (AvgIpc) is 3.46. The van der Waals surface area contributed by atoms with E-state index in [4.69, 9.17) is 16.3 Å². The number of ether oxygens (including phenoxy) is 1. The van der Waals surface area contributed by atoms with Crippen LogP contribution in [0.3, 0.4) is 0 Å². The second kappa shape index (κ2) is 9.23. The highest BCUT2D eigenvalue weighted by Gasteiger charge is 2.32. The molecule has 0 N–H and O–H groups in total. The highest BCUT2D eigenvalue weighted by atomic mass is 35.5. The molecule has 0 bridgehead atoms. The Kier molecular flexibility index (Phi) is 5.98. The van der Waals surface area contributed by atoms with Crippen LogP contribution in [0.4, 0.5) is 0 Å². The van der Waals surface area contributed by atoms with E-state index in [0.29, 0.717) is 40.3 Å². The number of aryl methyl sites for hydroxylation is 2. The van der Waals surface area contributed by atoms with Gasteiger partial charge in [-0.3, -0.25) is 9.78 Å². The first-order chi connectivity index (χ1) is 16.5. The van der Waals surface area contributed by atoms with Gasteiger partial charge in [0.1, 0.15) is 5.75 Å². The molecule has 4 heterocycles. The predicted octanol–water partition coefficient (Wildman–Crippen LogP) is 5.10. The third-order valence-corrected chi connectivity index (χ3v) is 6.00. The third-order valence-electron chi connectivity index (χ3n) is 5.74. The zero-order valence-corrected chi connectivity index (χ0v) is 19.6. The molecule has 1 aliphatic heterocycles. The van der Waals surface area contributed by atoms with Crippen LogP contribution in [0, 0.1) is 13.8 Å². The Morgan fingerprint density at radius 3 is 2.62 bits per heavy atom. The Hall–Kier alpha value is -3.78. The zero-order chi connectivity index (χ0) is 23.7. The number of hydrogen-bond donors (Lipinski definition) is 0. The van der Waals surface area contributed by atoms with Crippen molar-refractivity contribution in [2.24, 2.45) is 0 Å². The Morgan fingerprint density at radius 2 is 1.91 bits per heavy atom. The number of pyridine rings is 1. The van der Waals surface area contributed by atoms with Gasteiger partial charge in [-0.25, -0.2) is 14.6 Å². The summed E-state index contributed by atoms with van der Waals surface area (Å²) in [7, 11) is 0. The number of benzene rings is 1. The lowest BCUT2D eigenvalue weighted by Crippen LogP contribution is -2.31. The largest absolute Gasteiger partial charge is 0.437 e. The topological polar surface area (TPSA) is 86.0 Å². The average molecular weight is 475 g/mol. The maximum Gasteiger partial charge on any atom is 0.255 e. The van der Waals surface area contributed by atoms with Gasteiger partial charge in [-0.1, -0.05) is 11.6 Å². The van der Waals surface area contributed by atoms with E-state index in [1.165, 1.54) is 0 Å². The first-order valence-electron chi connectivity index (χ1n) is 11.0. The van der Waals surface area contributed by atoms with Gasteiger partial charge in [0, 0.05) is 23.5 Å². The summed E-state index contributed by atoms with van der Waals surface area (Å²) < 4.78 is 7.59. The number of nitrogens with zero attached hydrogens (tertiary/aromatic N) is 6. The van der Waals surface area contributed by atoms with E-state index in [9.17, 15) is 4.79 Å². The van der Waals surface area contributed by atoms with E-state index in [2.05, 4.69) is 20.1 Å². The molecule has 1 fully saturated rings. The highest BCUT2D eigenvalue weighted by molar-refractivity contribution is 6.30. The molecule has 9 heteroatoms. The molecule has 0 aliphatic carbocycles. The number of halogens is 1. The summed E-state index contributed by atoms with van der Waals surface area (Å²) in [5, 5.41) is 5.08. The lowest BCUT2D eigenvalue weighted by atomic mass is 10.1. The second-order valence-electron chi connectivity index (χ2n) is 8.24. The van der Waals surface area contributed by atoms with Crippen molar-refractivity contribution in [3.8, 4) is 17.4 Å². The van der Waals surface area contributed by atoms with Crippen LogP contribution in [0.25, 0.3) is 5.82 Å². The lowest BCUT2D eigenvalue weighted by molar-refractivity contribution is 0.0732. The fourth-order valence-corrected chi connectivity index (χ4v) is 4.30. The van der Waals surface area contributed by atoms with Gasteiger partial charge in [-0.15, -0.1) is 0 Å². The minimum atomic E-state index is -0.176. The number of aromatic nitrogens is 5. The summed E-state index contributed by atoms with van der Waals surface area (Å²) in [6, 6.07) is 12.5. The Labute approximate surface area is 202 Å². The summed E-state index contributed by atoms with van der Waals surface area (Å²) in [6.45, 7) is 4.56. The first kappa shape index (κ1) is 22.0. The molecule has 0 radical (unpaired) electrons. The van der Waals surface area contributed by atoms with Crippen molar-refractivity contribution < 1.29 is 9.53 Å². The Bertz CT molecular complexity index is 1320. The van der Waals surface area contributed by atoms with Crippen LogP contribution in [-0.4, -0.2) is 42.1 Å². The molecule has 0 spiro atoms. The molecule has 0 unspecified atom stereocenters. The summed E-state index contributed by atoms with van der Waals surface area (Å²) in [4.78, 5) is 28.6. The molecule has 1 aliphatic rings. The van der Waals surface area contributed by atoms with Crippen molar-refractivity contribution in [3.05, 3.63) is 88.7 Å². The van der Waals surface area contributed by atoms with Crippen LogP contribution in [0.15, 0.2) is 61.1 Å². The lowest BCUT2D eigenvalue weighted by Gasteiger charge is -2.24. The number of amides is 1. The molecule has 5 rings (SSSR count). The monoisotopic (exact) mass is 474 g/mol. The van der Waals surface area contributed by atoms with Gasteiger partial charge < -0.3 is 9.64 Å². The molecule has 0 saturated carbocycles. The maximum atomic E-state index is 13.3. The SMILES string of the molecule is Cc1cc(C)n(-c2ccc(C(=O)N3CCC[C@H]3c3cncc(Oc4ccc(Cl)cc4)n3)cn2)n1. The van der Waals surface area contributed by atoms with Crippen LogP contribution in [-0.2, 0) is 0 Å². The molecule has 34 heavy (non-hydrogen) atoms. The van der Waals surface area contributed by atoms with E-state index in [-0.39, 0.29) is 11.9 Å². The number of hydrogen-bond acceptors (Lipinski definition) is 6. The predicted molar refractivity (Wildman–Crippen MR) is 127 cm³/mol. The molecule has 1 atom stereocenters.